The summed E-state index contributed by atoms with van der Waals surface area (Å²) in [4.78, 5) is 25.6. The molecule has 0 aliphatic heterocycles. The fourth-order valence-corrected chi connectivity index (χ4v) is 12.2. The molecular formula is C73H145N2O6P. The number of nitrogens with zero attached hydrogens (tertiary/aromatic N) is 1. The van der Waals surface area contributed by atoms with Crippen molar-refractivity contribution in [3.63, 3.8) is 0 Å². The van der Waals surface area contributed by atoms with E-state index in [1.165, 1.54) is 327 Å². The zero-order valence-electron chi connectivity index (χ0n) is 56.0. The quantitative estimate of drug-likeness (QED) is 0.0272. The molecule has 0 saturated heterocycles. The van der Waals surface area contributed by atoms with Gasteiger partial charge < -0.3 is 28.8 Å². The number of aliphatic hydroxyl groups is 1. The van der Waals surface area contributed by atoms with Crippen LogP contribution in [0.3, 0.4) is 0 Å². The highest BCUT2D eigenvalue weighted by Crippen LogP contribution is 2.38. The van der Waals surface area contributed by atoms with Crippen molar-refractivity contribution in [1.82, 2.24) is 5.32 Å². The first-order chi connectivity index (χ1) is 40.0. The normalized spacial score (nSPS) is 13.7. The first-order valence-electron chi connectivity index (χ1n) is 36.7. The number of hydrogen-bond acceptors (Lipinski definition) is 6. The minimum absolute atomic E-state index is 0.00350. The summed E-state index contributed by atoms with van der Waals surface area (Å²) in [6.07, 6.45) is 84.8. The molecule has 0 fully saturated rings. The molecule has 0 saturated carbocycles. The summed E-state index contributed by atoms with van der Waals surface area (Å²) in [6, 6.07) is -0.901. The zero-order chi connectivity index (χ0) is 59.8. The number of quaternary nitrogens is 1. The van der Waals surface area contributed by atoms with Gasteiger partial charge in [-0.05, 0) is 32.1 Å². The highest BCUT2D eigenvalue weighted by atomic mass is 31.2. The fraction of sp³-hybridized carbons (Fsp3) is 0.932. The summed E-state index contributed by atoms with van der Waals surface area (Å²) in [5.41, 5.74) is 0. The molecule has 0 aromatic rings. The second-order valence-electron chi connectivity index (χ2n) is 26.7. The van der Waals surface area contributed by atoms with E-state index in [2.05, 4.69) is 31.3 Å². The molecule has 8 nitrogen and oxygen atoms in total. The summed E-state index contributed by atoms with van der Waals surface area (Å²) in [5.74, 6) is -0.198. The molecule has 0 heterocycles. The predicted molar refractivity (Wildman–Crippen MR) is 358 cm³/mol. The molecule has 2 N–H and O–H groups in total. The first kappa shape index (κ1) is 81.0. The molecule has 0 aliphatic rings. The summed E-state index contributed by atoms with van der Waals surface area (Å²) in [6.45, 7) is 4.69. The van der Waals surface area contributed by atoms with Gasteiger partial charge in [0.25, 0.3) is 7.82 Å². The van der Waals surface area contributed by atoms with Crippen LogP contribution in [0.15, 0.2) is 24.3 Å². The number of phosphoric acid groups is 1. The number of nitrogens with one attached hydrogen (secondary N) is 1. The van der Waals surface area contributed by atoms with Crippen molar-refractivity contribution in [1.29, 1.82) is 0 Å². The number of allylic oxidation sites excluding steroid dienone is 3. The van der Waals surface area contributed by atoms with Crippen LogP contribution in [0.25, 0.3) is 0 Å². The summed E-state index contributed by atoms with van der Waals surface area (Å²) >= 11 is 0. The van der Waals surface area contributed by atoms with Crippen LogP contribution < -0.4 is 10.2 Å². The Labute approximate surface area is 513 Å². The number of carbonyl (C=O) groups excluding carboxylic acids is 1. The highest BCUT2D eigenvalue weighted by molar-refractivity contribution is 7.45. The Hall–Kier alpha value is -1.02. The maximum absolute atomic E-state index is 13.0. The third-order valence-corrected chi connectivity index (χ3v) is 18.1. The Bertz CT molecular complexity index is 1390. The van der Waals surface area contributed by atoms with Gasteiger partial charge in [-0.3, -0.25) is 9.36 Å². The average Bonchev–Trinajstić information content (AvgIpc) is 3.45. The van der Waals surface area contributed by atoms with Crippen molar-refractivity contribution in [3.05, 3.63) is 24.3 Å². The minimum atomic E-state index is -4.61. The van der Waals surface area contributed by atoms with Crippen LogP contribution in [0.4, 0.5) is 0 Å². The molecular weight excluding hydrogens is 1030 g/mol. The van der Waals surface area contributed by atoms with Crippen molar-refractivity contribution in [2.24, 2.45) is 0 Å². The maximum Gasteiger partial charge on any atom is 0.268 e. The van der Waals surface area contributed by atoms with Crippen LogP contribution in [0, 0.1) is 0 Å². The molecule has 1 amide bonds. The average molecular weight is 1180 g/mol. The molecule has 0 aromatic heterocycles. The second kappa shape index (κ2) is 64.5. The Balaban J connectivity index is 3.90. The molecule has 0 aliphatic carbocycles. The molecule has 3 unspecified atom stereocenters. The molecule has 82 heavy (non-hydrogen) atoms. The van der Waals surface area contributed by atoms with E-state index in [1.807, 2.05) is 27.2 Å². The Morgan fingerprint density at radius 1 is 0.415 bits per heavy atom. The van der Waals surface area contributed by atoms with Crippen molar-refractivity contribution >= 4 is 13.7 Å². The van der Waals surface area contributed by atoms with Crippen LogP contribution >= 0.6 is 7.82 Å². The minimum Gasteiger partial charge on any atom is -0.756 e. The van der Waals surface area contributed by atoms with E-state index in [9.17, 15) is 19.4 Å². The lowest BCUT2D eigenvalue weighted by Gasteiger charge is -2.29. The predicted octanol–water partition coefficient (Wildman–Crippen LogP) is 22.8. The number of aliphatic hydroxyl groups excluding tert-OH is 1. The molecule has 0 spiro atoms. The lowest BCUT2D eigenvalue weighted by Crippen LogP contribution is -2.45. The number of phosphoric ester groups is 1. The molecule has 0 bridgehead atoms. The van der Waals surface area contributed by atoms with Crippen LogP contribution in [-0.2, 0) is 18.4 Å². The van der Waals surface area contributed by atoms with Crippen LogP contribution in [-0.4, -0.2) is 68.5 Å². The van der Waals surface area contributed by atoms with E-state index in [1.54, 1.807) is 6.08 Å². The molecule has 3 atom stereocenters. The van der Waals surface area contributed by atoms with Gasteiger partial charge in [0.05, 0.1) is 39.9 Å². The summed E-state index contributed by atoms with van der Waals surface area (Å²) in [5, 5.41) is 13.9. The van der Waals surface area contributed by atoms with Gasteiger partial charge in [-0.2, -0.15) is 0 Å². The first-order valence-corrected chi connectivity index (χ1v) is 38.2. The van der Waals surface area contributed by atoms with Crippen molar-refractivity contribution < 1.29 is 32.9 Å². The Morgan fingerprint density at radius 2 is 0.683 bits per heavy atom. The maximum atomic E-state index is 13.0. The number of hydrogen-bond donors (Lipinski definition) is 2. The van der Waals surface area contributed by atoms with E-state index in [0.717, 1.165) is 38.5 Å². The second-order valence-corrected chi connectivity index (χ2v) is 28.1. The van der Waals surface area contributed by atoms with E-state index in [0.29, 0.717) is 17.4 Å². The Kier molecular flexibility index (Phi) is 63.7. The smallest absolute Gasteiger partial charge is 0.268 e. The molecule has 9 heteroatoms. The number of amides is 1. The third kappa shape index (κ3) is 66.5. The largest absolute Gasteiger partial charge is 0.756 e. The van der Waals surface area contributed by atoms with Gasteiger partial charge in [0, 0.05) is 6.42 Å². The van der Waals surface area contributed by atoms with Gasteiger partial charge in [0.2, 0.25) is 5.91 Å². The van der Waals surface area contributed by atoms with Gasteiger partial charge in [-0.15, -0.1) is 0 Å². The van der Waals surface area contributed by atoms with Crippen LogP contribution in [0.5, 0.6) is 0 Å². The van der Waals surface area contributed by atoms with Gasteiger partial charge in [-0.25, -0.2) is 0 Å². The van der Waals surface area contributed by atoms with E-state index in [4.69, 9.17) is 9.05 Å². The van der Waals surface area contributed by atoms with Crippen LogP contribution in [0.2, 0.25) is 0 Å². The number of carbonyl (C=O) groups is 1. The molecule has 488 valence electrons. The van der Waals surface area contributed by atoms with Crippen molar-refractivity contribution in [3.8, 4) is 0 Å². The fourth-order valence-electron chi connectivity index (χ4n) is 11.5. The van der Waals surface area contributed by atoms with Crippen molar-refractivity contribution in [2.75, 3.05) is 40.9 Å². The zero-order valence-corrected chi connectivity index (χ0v) is 56.9. The molecule has 0 radical (unpaired) electrons. The van der Waals surface area contributed by atoms with Gasteiger partial charge in [0.1, 0.15) is 13.2 Å². The lowest BCUT2D eigenvalue weighted by molar-refractivity contribution is -0.870. The van der Waals surface area contributed by atoms with E-state index >= 15 is 0 Å². The summed E-state index contributed by atoms with van der Waals surface area (Å²) in [7, 11) is 1.26. The highest BCUT2D eigenvalue weighted by Gasteiger charge is 2.23. The molecule has 0 aromatic carbocycles. The van der Waals surface area contributed by atoms with Gasteiger partial charge in [0.15, 0.2) is 0 Å². The van der Waals surface area contributed by atoms with Gasteiger partial charge >= 0.3 is 0 Å². The molecule has 0 rings (SSSR count). The van der Waals surface area contributed by atoms with E-state index in [-0.39, 0.29) is 19.1 Å². The number of unbranched alkanes of at least 4 members (excludes halogenated alkanes) is 54. The monoisotopic (exact) mass is 1180 g/mol. The van der Waals surface area contributed by atoms with E-state index < -0.39 is 20.0 Å². The Morgan fingerprint density at radius 3 is 0.988 bits per heavy atom. The lowest BCUT2D eigenvalue weighted by atomic mass is 10.0. The van der Waals surface area contributed by atoms with Crippen LogP contribution in [0.1, 0.15) is 386 Å². The standard InChI is InChI=1S/C73H145N2O6P/c1-6-8-10-12-14-16-18-20-22-24-26-28-29-30-31-32-33-34-35-36-37-38-39-40-41-42-43-44-45-46-47-49-51-53-55-57-59-61-63-65-67-73(77)74-71(70-81-82(78,79)80-69-68-75(3,4)5)72(76)66-64-62-60-58-56-54-52-50-48-27-25-23-21-19-17-15-13-11-9-7-2/h56,58,64,66,71-72,76H,6-55,57,59-63,65,67-70H2,1-5H3,(H-,74,77,78,79)/b58-56+,66-64+. The van der Waals surface area contributed by atoms with Gasteiger partial charge in [-0.1, -0.05) is 372 Å². The summed E-state index contributed by atoms with van der Waals surface area (Å²) < 4.78 is 23.4. The topological polar surface area (TPSA) is 108 Å². The number of rotatable bonds is 69. The number of likely N-dealkylation sites (N-methyl/N-ethyl adjacent to an activating group) is 1. The third-order valence-electron chi connectivity index (χ3n) is 17.2. The SMILES string of the molecule is CCCCCCCCCCCCCCCC/C=C/CC/C=C/C(O)C(COP(=O)([O-])OCC[N+](C)(C)C)NC(=O)CCCCCCCCCCCCCCCCCCCCCCCCCCCCCCCCCCCCCCCCCC. The van der Waals surface area contributed by atoms with Crippen molar-refractivity contribution in [2.45, 2.75) is 398 Å².